The molecule has 0 aromatic heterocycles. The van der Waals surface area contributed by atoms with E-state index < -0.39 is 12.0 Å². The first-order valence-electron chi connectivity index (χ1n) is 4.13. The summed E-state index contributed by atoms with van der Waals surface area (Å²) in [6.45, 7) is 2.83. The first kappa shape index (κ1) is 10.8. The van der Waals surface area contributed by atoms with E-state index in [1.54, 1.807) is 0 Å². The van der Waals surface area contributed by atoms with Crippen molar-refractivity contribution in [3.63, 3.8) is 0 Å². The van der Waals surface area contributed by atoms with E-state index in [0.29, 0.717) is 16.7 Å². The van der Waals surface area contributed by atoms with Gasteiger partial charge in [0.15, 0.2) is 0 Å². The molecule has 1 aliphatic rings. The van der Waals surface area contributed by atoms with E-state index >= 15 is 0 Å². The summed E-state index contributed by atoms with van der Waals surface area (Å²) in [6.07, 6.45) is 2.58. The van der Waals surface area contributed by atoms with E-state index in [1.165, 1.54) is 11.8 Å². The van der Waals surface area contributed by atoms with E-state index in [-0.39, 0.29) is 0 Å². The van der Waals surface area contributed by atoms with Gasteiger partial charge in [0.25, 0.3) is 0 Å². The van der Waals surface area contributed by atoms with Crippen LogP contribution in [0, 0.1) is 5.92 Å². The molecule has 13 heavy (non-hydrogen) atoms. The highest BCUT2D eigenvalue weighted by molar-refractivity contribution is 8.22. The molecule has 0 spiro atoms. The van der Waals surface area contributed by atoms with Gasteiger partial charge in [-0.05, 0) is 18.6 Å². The fraction of sp³-hybridized carbons (Fsp3) is 0.750. The summed E-state index contributed by atoms with van der Waals surface area (Å²) in [5.74, 6) is -0.341. The molecule has 1 N–H and O–H groups in total. The van der Waals surface area contributed by atoms with Gasteiger partial charge in [-0.1, -0.05) is 19.1 Å². The maximum Gasteiger partial charge on any atom is 0.326 e. The second kappa shape index (κ2) is 4.28. The van der Waals surface area contributed by atoms with Crippen molar-refractivity contribution in [2.24, 2.45) is 5.92 Å². The molecule has 0 amide bonds. The van der Waals surface area contributed by atoms with Gasteiger partial charge in [-0.2, -0.15) is 0 Å². The van der Waals surface area contributed by atoms with Gasteiger partial charge in [0.2, 0.25) is 0 Å². The minimum Gasteiger partial charge on any atom is -0.480 e. The molecule has 0 saturated carbocycles. The number of hydrogen-bond donors (Lipinski definition) is 1. The summed E-state index contributed by atoms with van der Waals surface area (Å²) in [7, 11) is 0. The Balaban J connectivity index is 2.71. The number of carbonyl (C=O) groups is 1. The number of carboxylic acids is 1. The van der Waals surface area contributed by atoms with E-state index in [1.807, 2.05) is 11.2 Å². The van der Waals surface area contributed by atoms with Crippen molar-refractivity contribution >= 4 is 34.3 Å². The summed E-state index contributed by atoms with van der Waals surface area (Å²) in [5.41, 5.74) is 0. The van der Waals surface area contributed by atoms with E-state index in [9.17, 15) is 4.79 Å². The van der Waals surface area contributed by atoms with Crippen molar-refractivity contribution in [1.29, 1.82) is 0 Å². The summed E-state index contributed by atoms with van der Waals surface area (Å²) in [6, 6.07) is -0.407. The molecule has 1 fully saturated rings. The quantitative estimate of drug-likeness (QED) is 0.676. The van der Waals surface area contributed by atoms with Crippen molar-refractivity contribution in [2.45, 2.75) is 19.4 Å². The number of thiocarbonyl (C=S) groups is 1. The first-order chi connectivity index (χ1) is 6.06. The van der Waals surface area contributed by atoms with Crippen LogP contribution >= 0.6 is 24.0 Å². The van der Waals surface area contributed by atoms with Gasteiger partial charge in [0, 0.05) is 6.54 Å². The molecular weight excluding hydrogens is 206 g/mol. The van der Waals surface area contributed by atoms with Crippen LogP contribution in [-0.2, 0) is 4.79 Å². The first-order valence-corrected chi connectivity index (χ1v) is 5.77. The van der Waals surface area contributed by atoms with Gasteiger partial charge >= 0.3 is 5.97 Å². The third kappa shape index (κ3) is 2.34. The van der Waals surface area contributed by atoms with Crippen LogP contribution in [0.4, 0.5) is 0 Å². The van der Waals surface area contributed by atoms with Gasteiger partial charge in [0.1, 0.15) is 10.4 Å². The Bertz CT molecular complexity index is 232. The zero-order valence-electron chi connectivity index (χ0n) is 7.69. The fourth-order valence-corrected chi connectivity index (χ4v) is 2.24. The Labute approximate surface area is 87.5 Å². The summed E-state index contributed by atoms with van der Waals surface area (Å²) in [5, 5.41) is 8.94. The minimum atomic E-state index is -0.763. The lowest BCUT2D eigenvalue weighted by atomic mass is 10.1. The van der Waals surface area contributed by atoms with Crippen molar-refractivity contribution in [1.82, 2.24) is 4.90 Å². The van der Waals surface area contributed by atoms with Gasteiger partial charge in [-0.15, -0.1) is 11.8 Å². The predicted molar refractivity (Wildman–Crippen MR) is 58.0 cm³/mol. The SMILES string of the molecule is CSC(=S)N1C[C@H](C)C[C@@H]1C(=O)O. The number of carboxylic acid groups (broad SMARTS) is 1. The maximum absolute atomic E-state index is 10.9. The van der Waals surface area contributed by atoms with Crippen LogP contribution in [0.2, 0.25) is 0 Å². The second-order valence-electron chi connectivity index (χ2n) is 3.32. The third-order valence-corrected chi connectivity index (χ3v) is 3.52. The second-order valence-corrected chi connectivity index (χ2v) is 4.76. The highest BCUT2D eigenvalue weighted by Crippen LogP contribution is 2.25. The average Bonchev–Trinajstić information content (AvgIpc) is 2.46. The third-order valence-electron chi connectivity index (χ3n) is 2.20. The molecule has 2 atom stereocenters. The van der Waals surface area contributed by atoms with Crippen molar-refractivity contribution in [3.05, 3.63) is 0 Å². The highest BCUT2D eigenvalue weighted by atomic mass is 32.2. The van der Waals surface area contributed by atoms with E-state index in [2.05, 4.69) is 6.92 Å². The molecular formula is C8H13NO2S2. The Morgan fingerprint density at radius 2 is 2.31 bits per heavy atom. The smallest absolute Gasteiger partial charge is 0.326 e. The number of thioether (sulfide) groups is 1. The van der Waals surface area contributed by atoms with Crippen molar-refractivity contribution in [2.75, 3.05) is 12.8 Å². The monoisotopic (exact) mass is 219 g/mol. The van der Waals surface area contributed by atoms with Gasteiger partial charge in [0.05, 0.1) is 0 Å². The zero-order chi connectivity index (χ0) is 10.0. The van der Waals surface area contributed by atoms with Crippen molar-refractivity contribution < 1.29 is 9.90 Å². The highest BCUT2D eigenvalue weighted by Gasteiger charge is 2.35. The molecule has 3 nitrogen and oxygen atoms in total. The number of nitrogens with zero attached hydrogens (tertiary/aromatic N) is 1. The minimum absolute atomic E-state index is 0.407. The molecule has 74 valence electrons. The Morgan fingerprint density at radius 1 is 1.69 bits per heavy atom. The van der Waals surface area contributed by atoms with E-state index in [4.69, 9.17) is 17.3 Å². The van der Waals surface area contributed by atoms with Crippen LogP contribution in [0.3, 0.4) is 0 Å². The Morgan fingerprint density at radius 3 is 2.77 bits per heavy atom. The van der Waals surface area contributed by atoms with Crippen LogP contribution in [0.1, 0.15) is 13.3 Å². The molecule has 0 unspecified atom stereocenters. The standard InChI is InChI=1S/C8H13NO2S2/c1-5-3-6(7(10)11)9(4-5)8(12)13-2/h5-6H,3-4H2,1-2H3,(H,10,11)/t5-,6-/m1/s1. The number of aliphatic carboxylic acids is 1. The molecule has 0 aromatic rings. The number of likely N-dealkylation sites (tertiary alicyclic amines) is 1. The lowest BCUT2D eigenvalue weighted by Crippen LogP contribution is -2.38. The molecule has 0 bridgehead atoms. The topological polar surface area (TPSA) is 40.5 Å². The van der Waals surface area contributed by atoms with Gasteiger partial charge in [-0.25, -0.2) is 4.79 Å². The van der Waals surface area contributed by atoms with Gasteiger partial charge in [-0.3, -0.25) is 0 Å². The molecule has 1 saturated heterocycles. The average molecular weight is 219 g/mol. The van der Waals surface area contributed by atoms with Crippen LogP contribution in [0.5, 0.6) is 0 Å². The Hall–Kier alpha value is -0.290. The summed E-state index contributed by atoms with van der Waals surface area (Å²) < 4.78 is 0.691. The fourth-order valence-electron chi connectivity index (χ4n) is 1.60. The molecule has 5 heteroatoms. The maximum atomic E-state index is 10.9. The van der Waals surface area contributed by atoms with Crippen LogP contribution in [0.25, 0.3) is 0 Å². The predicted octanol–water partition coefficient (Wildman–Crippen LogP) is 1.43. The van der Waals surface area contributed by atoms with Gasteiger partial charge < -0.3 is 10.0 Å². The molecule has 1 rings (SSSR count). The van der Waals surface area contributed by atoms with Crippen molar-refractivity contribution in [3.8, 4) is 0 Å². The van der Waals surface area contributed by atoms with Crippen LogP contribution in [0.15, 0.2) is 0 Å². The molecule has 0 aliphatic carbocycles. The number of hydrogen-bond acceptors (Lipinski definition) is 3. The largest absolute Gasteiger partial charge is 0.480 e. The molecule has 0 radical (unpaired) electrons. The molecule has 1 heterocycles. The summed E-state index contributed by atoms with van der Waals surface area (Å²) >= 11 is 6.53. The molecule has 1 aliphatic heterocycles. The zero-order valence-corrected chi connectivity index (χ0v) is 9.32. The number of rotatable bonds is 1. The normalized spacial score (nSPS) is 27.7. The van der Waals surface area contributed by atoms with Crippen LogP contribution in [-0.4, -0.2) is 39.1 Å². The van der Waals surface area contributed by atoms with Crippen LogP contribution < -0.4 is 0 Å². The lowest BCUT2D eigenvalue weighted by Gasteiger charge is -2.22. The lowest BCUT2D eigenvalue weighted by molar-refractivity contribution is -0.140. The summed E-state index contributed by atoms with van der Waals surface area (Å²) in [4.78, 5) is 12.7. The van der Waals surface area contributed by atoms with E-state index in [0.717, 1.165) is 6.54 Å². The molecule has 0 aromatic carbocycles. The Kier molecular flexibility index (Phi) is 3.55.